The average Bonchev–Trinajstić information content (AvgIpc) is 3.22. The molecule has 116 valence electrons. The molecule has 6 nitrogen and oxygen atoms in total. The molecule has 1 saturated heterocycles. The van der Waals surface area contributed by atoms with Gasteiger partial charge in [0.1, 0.15) is 5.76 Å². The van der Waals surface area contributed by atoms with E-state index >= 15 is 0 Å². The monoisotopic (exact) mass is 301 g/mol. The van der Waals surface area contributed by atoms with Crippen molar-refractivity contribution in [2.75, 3.05) is 25.0 Å². The van der Waals surface area contributed by atoms with E-state index in [-0.39, 0.29) is 16.7 Å². The van der Waals surface area contributed by atoms with Crippen LogP contribution in [0.5, 0.6) is 0 Å². The lowest BCUT2D eigenvalue weighted by Gasteiger charge is -2.26. The number of nitro groups is 1. The molecule has 1 aromatic carbocycles. The van der Waals surface area contributed by atoms with Crippen molar-refractivity contribution in [1.82, 2.24) is 4.90 Å². The van der Waals surface area contributed by atoms with Crippen LogP contribution in [-0.4, -0.2) is 29.5 Å². The van der Waals surface area contributed by atoms with Crippen molar-refractivity contribution < 1.29 is 9.34 Å². The van der Waals surface area contributed by atoms with Crippen LogP contribution < -0.4 is 5.32 Å². The van der Waals surface area contributed by atoms with Gasteiger partial charge in [-0.2, -0.15) is 0 Å². The van der Waals surface area contributed by atoms with E-state index in [1.807, 2.05) is 12.1 Å². The molecule has 1 aromatic heterocycles. The van der Waals surface area contributed by atoms with Crippen LogP contribution in [0.15, 0.2) is 47.1 Å². The summed E-state index contributed by atoms with van der Waals surface area (Å²) >= 11 is 0. The van der Waals surface area contributed by atoms with Crippen molar-refractivity contribution in [2.24, 2.45) is 0 Å². The molecule has 0 spiro atoms. The van der Waals surface area contributed by atoms with Gasteiger partial charge in [-0.15, -0.1) is 0 Å². The number of likely N-dealkylation sites (tertiary alicyclic amines) is 1. The number of rotatable bonds is 6. The average molecular weight is 301 g/mol. The van der Waals surface area contributed by atoms with Crippen molar-refractivity contribution in [1.29, 1.82) is 0 Å². The fourth-order valence-corrected chi connectivity index (χ4v) is 2.86. The van der Waals surface area contributed by atoms with Crippen LogP contribution in [0.1, 0.15) is 24.6 Å². The fourth-order valence-electron chi connectivity index (χ4n) is 2.86. The first-order chi connectivity index (χ1) is 10.7. The van der Waals surface area contributed by atoms with Gasteiger partial charge in [0, 0.05) is 24.4 Å². The smallest absolute Gasteiger partial charge is 0.269 e. The maximum atomic E-state index is 10.7. The minimum atomic E-state index is -0.389. The first-order valence-electron chi connectivity index (χ1n) is 7.50. The van der Waals surface area contributed by atoms with Gasteiger partial charge < -0.3 is 9.73 Å². The number of hydrogen-bond acceptors (Lipinski definition) is 5. The second-order valence-electron chi connectivity index (χ2n) is 5.46. The Labute approximate surface area is 128 Å². The first-order valence-corrected chi connectivity index (χ1v) is 7.50. The summed E-state index contributed by atoms with van der Waals surface area (Å²) in [5, 5.41) is 14.0. The predicted octanol–water partition coefficient (Wildman–Crippen LogP) is 3.44. The highest BCUT2D eigenvalue weighted by molar-refractivity contribution is 5.48. The third-order valence-corrected chi connectivity index (χ3v) is 4.03. The number of furan rings is 1. The molecule has 1 unspecified atom stereocenters. The minimum absolute atomic E-state index is 0.104. The summed E-state index contributed by atoms with van der Waals surface area (Å²) in [4.78, 5) is 12.7. The largest absolute Gasteiger partial charge is 0.468 e. The van der Waals surface area contributed by atoms with E-state index < -0.39 is 0 Å². The molecule has 1 fully saturated rings. The van der Waals surface area contributed by atoms with Crippen molar-refractivity contribution in [3.63, 3.8) is 0 Å². The summed E-state index contributed by atoms with van der Waals surface area (Å²) in [6, 6.07) is 10.6. The van der Waals surface area contributed by atoms with Gasteiger partial charge in [0.25, 0.3) is 5.69 Å². The lowest BCUT2D eigenvalue weighted by Crippen LogP contribution is -2.30. The van der Waals surface area contributed by atoms with Gasteiger partial charge in [0.15, 0.2) is 0 Å². The lowest BCUT2D eigenvalue weighted by molar-refractivity contribution is -0.384. The molecule has 1 N–H and O–H groups in total. The standard InChI is InChI=1S/C16H19N3O3/c20-19(21)14-7-5-13(6-8-14)17-12-15(16-4-3-11-22-16)18-9-1-2-10-18/h3-8,11,15,17H,1-2,9-10,12H2. The number of anilines is 1. The first kappa shape index (κ1) is 14.6. The molecule has 2 heterocycles. The Hall–Kier alpha value is -2.34. The van der Waals surface area contributed by atoms with Crippen LogP contribution in [0, 0.1) is 10.1 Å². The Morgan fingerprint density at radius 1 is 1.23 bits per heavy atom. The van der Waals surface area contributed by atoms with E-state index in [0.717, 1.165) is 24.5 Å². The third-order valence-electron chi connectivity index (χ3n) is 4.03. The van der Waals surface area contributed by atoms with E-state index in [1.165, 1.54) is 25.0 Å². The maximum absolute atomic E-state index is 10.7. The zero-order chi connectivity index (χ0) is 15.4. The summed E-state index contributed by atoms with van der Waals surface area (Å²) in [6.45, 7) is 2.87. The highest BCUT2D eigenvalue weighted by Crippen LogP contribution is 2.26. The van der Waals surface area contributed by atoms with Crippen LogP contribution in [-0.2, 0) is 0 Å². The molecule has 0 amide bonds. The van der Waals surface area contributed by atoms with Gasteiger partial charge in [-0.05, 0) is 50.2 Å². The Morgan fingerprint density at radius 2 is 1.95 bits per heavy atom. The molecule has 6 heteroatoms. The number of nitrogens with one attached hydrogen (secondary N) is 1. The van der Waals surface area contributed by atoms with Crippen LogP contribution >= 0.6 is 0 Å². The quantitative estimate of drug-likeness (QED) is 0.653. The highest BCUT2D eigenvalue weighted by atomic mass is 16.6. The van der Waals surface area contributed by atoms with E-state index in [9.17, 15) is 10.1 Å². The van der Waals surface area contributed by atoms with Crippen molar-refractivity contribution in [3.8, 4) is 0 Å². The number of benzene rings is 1. The Kier molecular flexibility index (Phi) is 4.39. The van der Waals surface area contributed by atoms with E-state index in [2.05, 4.69) is 10.2 Å². The second kappa shape index (κ2) is 6.62. The van der Waals surface area contributed by atoms with Gasteiger partial charge in [-0.3, -0.25) is 15.0 Å². The van der Waals surface area contributed by atoms with Crippen LogP contribution in [0.25, 0.3) is 0 Å². The van der Waals surface area contributed by atoms with Gasteiger partial charge in [-0.25, -0.2) is 0 Å². The van der Waals surface area contributed by atoms with Crippen molar-refractivity contribution >= 4 is 11.4 Å². The number of nitrogens with zero attached hydrogens (tertiary/aromatic N) is 2. The molecule has 0 radical (unpaired) electrons. The molecule has 2 aromatic rings. The molecule has 1 aliphatic heterocycles. The SMILES string of the molecule is O=[N+]([O-])c1ccc(NCC(c2ccco2)N2CCCC2)cc1. The fraction of sp³-hybridized carbons (Fsp3) is 0.375. The molecular formula is C16H19N3O3. The Morgan fingerprint density at radius 3 is 2.55 bits per heavy atom. The molecule has 1 atom stereocenters. The molecular weight excluding hydrogens is 282 g/mol. The van der Waals surface area contributed by atoms with E-state index in [0.29, 0.717) is 6.54 Å². The minimum Gasteiger partial charge on any atom is -0.468 e. The molecule has 3 rings (SSSR count). The lowest BCUT2D eigenvalue weighted by atomic mass is 10.2. The Bertz CT molecular complexity index is 604. The number of non-ortho nitro benzene ring substituents is 1. The van der Waals surface area contributed by atoms with Gasteiger partial charge in [-0.1, -0.05) is 0 Å². The van der Waals surface area contributed by atoms with Crippen LogP contribution in [0.4, 0.5) is 11.4 Å². The van der Waals surface area contributed by atoms with E-state index in [4.69, 9.17) is 4.42 Å². The zero-order valence-corrected chi connectivity index (χ0v) is 12.3. The summed E-state index contributed by atoms with van der Waals surface area (Å²) in [5.41, 5.74) is 0.981. The molecule has 0 saturated carbocycles. The predicted molar refractivity (Wildman–Crippen MR) is 83.8 cm³/mol. The molecule has 1 aliphatic rings. The second-order valence-corrected chi connectivity index (χ2v) is 5.46. The highest BCUT2D eigenvalue weighted by Gasteiger charge is 2.25. The zero-order valence-electron chi connectivity index (χ0n) is 12.3. The summed E-state index contributed by atoms with van der Waals surface area (Å²) in [7, 11) is 0. The summed E-state index contributed by atoms with van der Waals surface area (Å²) in [5.74, 6) is 0.955. The van der Waals surface area contributed by atoms with Crippen LogP contribution in [0.2, 0.25) is 0 Å². The molecule has 22 heavy (non-hydrogen) atoms. The summed E-state index contributed by atoms with van der Waals surface area (Å²) < 4.78 is 5.58. The Balaban J connectivity index is 1.67. The van der Waals surface area contributed by atoms with Gasteiger partial charge >= 0.3 is 0 Å². The molecule has 0 aliphatic carbocycles. The third kappa shape index (κ3) is 3.28. The maximum Gasteiger partial charge on any atom is 0.269 e. The summed E-state index contributed by atoms with van der Waals surface area (Å²) in [6.07, 6.45) is 4.13. The van der Waals surface area contributed by atoms with Crippen molar-refractivity contribution in [2.45, 2.75) is 18.9 Å². The normalized spacial score (nSPS) is 16.5. The van der Waals surface area contributed by atoms with Crippen LogP contribution in [0.3, 0.4) is 0 Å². The number of hydrogen-bond donors (Lipinski definition) is 1. The van der Waals surface area contributed by atoms with Crippen molar-refractivity contribution in [3.05, 3.63) is 58.5 Å². The van der Waals surface area contributed by atoms with Gasteiger partial charge in [0.2, 0.25) is 0 Å². The van der Waals surface area contributed by atoms with Gasteiger partial charge in [0.05, 0.1) is 17.2 Å². The topological polar surface area (TPSA) is 71.5 Å². The molecule has 0 bridgehead atoms. The van der Waals surface area contributed by atoms with E-state index in [1.54, 1.807) is 18.4 Å². The number of nitro benzene ring substituents is 1.